The zero-order chi connectivity index (χ0) is 19.0. The van der Waals surface area contributed by atoms with Gasteiger partial charge in [0.1, 0.15) is 0 Å². The molecule has 0 aromatic heterocycles. The molecule has 0 bridgehead atoms. The molecule has 0 aliphatic heterocycles. The van der Waals surface area contributed by atoms with Gasteiger partial charge in [0.25, 0.3) is 0 Å². The molecule has 0 atom stereocenters. The first-order valence-corrected chi connectivity index (χ1v) is 9.57. The SMILES string of the molecule is CC.CC.CC1(C#Cc2ccccc2)c2ccccc2-c2ccccc21. The quantitative estimate of drug-likeness (QED) is 0.384. The Kier molecular flexibility index (Phi) is 6.81. The highest BCUT2D eigenvalue weighted by molar-refractivity contribution is 5.82. The molecule has 132 valence electrons. The van der Waals surface area contributed by atoms with Crippen molar-refractivity contribution < 1.29 is 0 Å². The predicted octanol–water partition coefficient (Wildman–Crippen LogP) is 7.08. The average molecular weight is 341 g/mol. The Hall–Kier alpha value is -2.78. The van der Waals surface area contributed by atoms with E-state index in [9.17, 15) is 0 Å². The number of rotatable bonds is 0. The van der Waals surface area contributed by atoms with E-state index in [1.165, 1.54) is 22.3 Å². The van der Waals surface area contributed by atoms with Crippen molar-refractivity contribution in [2.24, 2.45) is 0 Å². The van der Waals surface area contributed by atoms with Crippen LogP contribution in [-0.4, -0.2) is 0 Å². The average Bonchev–Trinajstić information content (AvgIpc) is 3.00. The summed E-state index contributed by atoms with van der Waals surface area (Å²) in [5, 5.41) is 0. The van der Waals surface area contributed by atoms with E-state index < -0.39 is 0 Å². The zero-order valence-corrected chi connectivity index (χ0v) is 16.5. The van der Waals surface area contributed by atoms with Gasteiger partial charge in [0.05, 0.1) is 5.41 Å². The first-order valence-electron chi connectivity index (χ1n) is 9.57. The lowest BCUT2D eigenvalue weighted by Gasteiger charge is -2.20. The molecule has 0 unspecified atom stereocenters. The van der Waals surface area contributed by atoms with Crippen LogP contribution in [0.5, 0.6) is 0 Å². The van der Waals surface area contributed by atoms with Gasteiger partial charge in [-0.15, -0.1) is 0 Å². The van der Waals surface area contributed by atoms with Gasteiger partial charge in [-0.25, -0.2) is 0 Å². The molecule has 4 rings (SSSR count). The highest BCUT2D eigenvalue weighted by Crippen LogP contribution is 2.48. The van der Waals surface area contributed by atoms with Gasteiger partial charge in [-0.1, -0.05) is 106 Å². The van der Waals surface area contributed by atoms with Crippen molar-refractivity contribution in [3.05, 3.63) is 95.6 Å². The van der Waals surface area contributed by atoms with E-state index >= 15 is 0 Å². The summed E-state index contributed by atoms with van der Waals surface area (Å²) in [5.41, 5.74) is 6.04. The number of fused-ring (bicyclic) bond motifs is 3. The summed E-state index contributed by atoms with van der Waals surface area (Å²) in [6.07, 6.45) is 0. The maximum absolute atomic E-state index is 3.54. The molecule has 0 heteroatoms. The third-order valence-corrected chi connectivity index (χ3v) is 4.45. The summed E-state index contributed by atoms with van der Waals surface area (Å²) in [4.78, 5) is 0. The third kappa shape index (κ3) is 3.58. The molecule has 3 aromatic carbocycles. The molecule has 1 aliphatic carbocycles. The minimum atomic E-state index is -0.247. The highest BCUT2D eigenvalue weighted by atomic mass is 14.4. The largest absolute Gasteiger partial charge is 0.0817 e. The molecule has 26 heavy (non-hydrogen) atoms. The number of hydrogen-bond acceptors (Lipinski definition) is 0. The molecule has 0 radical (unpaired) electrons. The Labute approximate surface area is 158 Å². The fourth-order valence-electron chi connectivity index (χ4n) is 3.31. The second-order valence-corrected chi connectivity index (χ2v) is 5.83. The molecule has 3 aromatic rings. The smallest absolute Gasteiger partial charge is 0.0799 e. The first kappa shape index (κ1) is 19.5. The van der Waals surface area contributed by atoms with Gasteiger partial charge in [-0.05, 0) is 41.3 Å². The zero-order valence-electron chi connectivity index (χ0n) is 16.5. The van der Waals surface area contributed by atoms with E-state index in [2.05, 4.69) is 79.4 Å². The standard InChI is InChI=1S/C22H16.2C2H6/c1-22(16-15-17-9-3-2-4-10-17)20-13-7-5-11-18(20)19-12-6-8-14-21(19)22;2*1-2/h2-14H,1H3;2*1-2H3. The Morgan fingerprint density at radius 2 is 1.00 bits per heavy atom. The van der Waals surface area contributed by atoms with Gasteiger partial charge in [0.2, 0.25) is 0 Å². The van der Waals surface area contributed by atoms with Crippen LogP contribution in [0.25, 0.3) is 11.1 Å². The van der Waals surface area contributed by atoms with Crippen molar-refractivity contribution in [3.8, 4) is 23.0 Å². The van der Waals surface area contributed by atoms with E-state index in [-0.39, 0.29) is 5.41 Å². The van der Waals surface area contributed by atoms with Crippen LogP contribution in [0.1, 0.15) is 51.3 Å². The monoisotopic (exact) mass is 340 g/mol. The van der Waals surface area contributed by atoms with Crippen LogP contribution < -0.4 is 0 Å². The third-order valence-electron chi connectivity index (χ3n) is 4.45. The second-order valence-electron chi connectivity index (χ2n) is 5.83. The van der Waals surface area contributed by atoms with Gasteiger partial charge >= 0.3 is 0 Å². The van der Waals surface area contributed by atoms with Crippen molar-refractivity contribution in [3.63, 3.8) is 0 Å². The van der Waals surface area contributed by atoms with Gasteiger partial charge < -0.3 is 0 Å². The van der Waals surface area contributed by atoms with Crippen LogP contribution in [0.2, 0.25) is 0 Å². The topological polar surface area (TPSA) is 0 Å². The summed E-state index contributed by atoms with van der Waals surface area (Å²) in [7, 11) is 0. The maximum Gasteiger partial charge on any atom is 0.0799 e. The maximum atomic E-state index is 3.54. The lowest BCUT2D eigenvalue weighted by molar-refractivity contribution is 0.778. The minimum absolute atomic E-state index is 0.247. The van der Waals surface area contributed by atoms with Crippen LogP contribution in [0.3, 0.4) is 0 Å². The van der Waals surface area contributed by atoms with Gasteiger partial charge in [0.15, 0.2) is 0 Å². The molecular formula is C26H28. The van der Waals surface area contributed by atoms with Gasteiger partial charge in [0, 0.05) is 5.56 Å². The van der Waals surface area contributed by atoms with E-state index in [0.29, 0.717) is 0 Å². The van der Waals surface area contributed by atoms with Gasteiger partial charge in [-0.3, -0.25) is 0 Å². The van der Waals surface area contributed by atoms with Crippen molar-refractivity contribution in [2.75, 3.05) is 0 Å². The molecule has 1 aliphatic rings. The summed E-state index contributed by atoms with van der Waals surface area (Å²) in [6.45, 7) is 10.2. The predicted molar refractivity (Wildman–Crippen MR) is 114 cm³/mol. The normalized spacial score (nSPS) is 12.0. The number of hydrogen-bond donors (Lipinski definition) is 0. The van der Waals surface area contributed by atoms with Crippen LogP contribution in [-0.2, 0) is 5.41 Å². The molecule has 0 heterocycles. The summed E-state index contributed by atoms with van der Waals surface area (Å²) in [6, 6.07) is 27.4. The Balaban J connectivity index is 0.000000570. The van der Waals surface area contributed by atoms with Crippen LogP contribution >= 0.6 is 0 Å². The molecule has 0 saturated carbocycles. The van der Waals surface area contributed by atoms with E-state index in [1.54, 1.807) is 0 Å². The van der Waals surface area contributed by atoms with Gasteiger partial charge in [-0.2, -0.15) is 0 Å². The van der Waals surface area contributed by atoms with Crippen molar-refractivity contribution >= 4 is 0 Å². The summed E-state index contributed by atoms with van der Waals surface area (Å²) < 4.78 is 0. The summed E-state index contributed by atoms with van der Waals surface area (Å²) >= 11 is 0. The van der Waals surface area contributed by atoms with Crippen molar-refractivity contribution in [2.45, 2.75) is 40.0 Å². The number of benzene rings is 3. The van der Waals surface area contributed by atoms with Crippen LogP contribution in [0.4, 0.5) is 0 Å². The van der Waals surface area contributed by atoms with E-state index in [4.69, 9.17) is 0 Å². The van der Waals surface area contributed by atoms with E-state index in [1.807, 2.05) is 45.9 Å². The molecule has 0 amide bonds. The van der Waals surface area contributed by atoms with Crippen LogP contribution in [0.15, 0.2) is 78.9 Å². The Morgan fingerprint density at radius 1 is 0.577 bits per heavy atom. The minimum Gasteiger partial charge on any atom is -0.0817 e. The van der Waals surface area contributed by atoms with Crippen LogP contribution in [0, 0.1) is 11.8 Å². The summed E-state index contributed by atoms with van der Waals surface area (Å²) in [5.74, 6) is 6.90. The first-order chi connectivity index (χ1) is 12.8. The van der Waals surface area contributed by atoms with E-state index in [0.717, 1.165) is 5.56 Å². The molecule has 0 spiro atoms. The Bertz CT molecular complexity index is 846. The molecule has 0 saturated heterocycles. The fraction of sp³-hybridized carbons (Fsp3) is 0.231. The Morgan fingerprint density at radius 3 is 1.50 bits per heavy atom. The fourth-order valence-corrected chi connectivity index (χ4v) is 3.31. The highest BCUT2D eigenvalue weighted by Gasteiger charge is 2.37. The lowest BCUT2D eigenvalue weighted by atomic mass is 9.80. The molecule has 0 nitrogen and oxygen atoms in total. The second kappa shape index (κ2) is 9.07. The molecular weight excluding hydrogens is 312 g/mol. The molecule has 0 N–H and O–H groups in total. The molecule has 0 fully saturated rings. The van der Waals surface area contributed by atoms with Crippen molar-refractivity contribution in [1.82, 2.24) is 0 Å². The van der Waals surface area contributed by atoms with Crippen molar-refractivity contribution in [1.29, 1.82) is 0 Å². The lowest BCUT2D eigenvalue weighted by Crippen LogP contribution is -2.17.